The minimum absolute atomic E-state index is 0.0703. The average molecular weight is 259 g/mol. The molecule has 1 aromatic carbocycles. The fourth-order valence-electron chi connectivity index (χ4n) is 1.93. The SMILES string of the molecule is CN1C(=O)COc2ccc(-c3n[nH]c(CN)n3)cc21. The molecule has 0 aliphatic carbocycles. The highest BCUT2D eigenvalue weighted by Crippen LogP contribution is 2.34. The zero-order valence-electron chi connectivity index (χ0n) is 10.4. The number of carbonyl (C=O) groups excluding carboxylic acids is 1. The number of nitrogens with two attached hydrogens (primary N) is 1. The molecule has 0 atom stereocenters. The van der Waals surface area contributed by atoms with Gasteiger partial charge in [0.15, 0.2) is 12.4 Å². The molecule has 7 heteroatoms. The molecule has 1 amide bonds. The van der Waals surface area contributed by atoms with E-state index in [1.165, 1.54) is 0 Å². The zero-order chi connectivity index (χ0) is 13.4. The molecule has 0 fully saturated rings. The Labute approximate surface area is 109 Å². The number of aromatic nitrogens is 3. The third-order valence-electron chi connectivity index (χ3n) is 3.03. The van der Waals surface area contributed by atoms with Gasteiger partial charge >= 0.3 is 0 Å². The molecule has 0 unspecified atom stereocenters. The number of rotatable bonds is 2. The smallest absolute Gasteiger partial charge is 0.264 e. The molecule has 1 aliphatic rings. The van der Waals surface area contributed by atoms with E-state index in [0.717, 1.165) is 5.56 Å². The molecule has 3 rings (SSSR count). The third-order valence-corrected chi connectivity index (χ3v) is 3.03. The van der Waals surface area contributed by atoms with E-state index in [0.29, 0.717) is 29.6 Å². The number of nitrogens with one attached hydrogen (secondary N) is 1. The van der Waals surface area contributed by atoms with Crippen molar-refractivity contribution in [1.29, 1.82) is 0 Å². The molecule has 0 spiro atoms. The summed E-state index contributed by atoms with van der Waals surface area (Å²) in [5.74, 6) is 1.77. The van der Waals surface area contributed by atoms with E-state index in [9.17, 15) is 4.79 Å². The van der Waals surface area contributed by atoms with Crippen LogP contribution in [0.25, 0.3) is 11.4 Å². The van der Waals surface area contributed by atoms with E-state index in [1.54, 1.807) is 11.9 Å². The Morgan fingerprint density at radius 2 is 2.37 bits per heavy atom. The van der Waals surface area contributed by atoms with E-state index in [2.05, 4.69) is 15.2 Å². The fraction of sp³-hybridized carbons (Fsp3) is 0.250. The Balaban J connectivity index is 2.03. The van der Waals surface area contributed by atoms with E-state index < -0.39 is 0 Å². The van der Waals surface area contributed by atoms with Gasteiger partial charge in [-0.25, -0.2) is 4.98 Å². The molecular weight excluding hydrogens is 246 g/mol. The normalized spacial score (nSPS) is 14.2. The zero-order valence-corrected chi connectivity index (χ0v) is 10.4. The molecule has 0 saturated heterocycles. The van der Waals surface area contributed by atoms with Gasteiger partial charge in [-0.1, -0.05) is 0 Å². The van der Waals surface area contributed by atoms with Gasteiger partial charge < -0.3 is 15.4 Å². The van der Waals surface area contributed by atoms with Crippen molar-refractivity contribution in [1.82, 2.24) is 15.2 Å². The molecule has 3 N–H and O–H groups in total. The summed E-state index contributed by atoms with van der Waals surface area (Å²) in [5.41, 5.74) is 7.01. The molecule has 1 aliphatic heterocycles. The number of amides is 1. The number of ether oxygens (including phenoxy) is 1. The van der Waals surface area contributed by atoms with Gasteiger partial charge in [0.25, 0.3) is 5.91 Å². The largest absolute Gasteiger partial charge is 0.482 e. The lowest BCUT2D eigenvalue weighted by Gasteiger charge is -2.26. The third kappa shape index (κ3) is 1.93. The van der Waals surface area contributed by atoms with Crippen LogP contribution in [0.4, 0.5) is 5.69 Å². The van der Waals surface area contributed by atoms with E-state index in [-0.39, 0.29) is 12.5 Å². The minimum Gasteiger partial charge on any atom is -0.482 e. The van der Waals surface area contributed by atoms with Crippen molar-refractivity contribution >= 4 is 11.6 Å². The second kappa shape index (κ2) is 4.36. The highest BCUT2D eigenvalue weighted by atomic mass is 16.5. The summed E-state index contributed by atoms with van der Waals surface area (Å²) in [5, 5.41) is 6.85. The molecule has 2 aromatic rings. The number of aromatic amines is 1. The summed E-state index contributed by atoms with van der Waals surface area (Å²) in [7, 11) is 1.72. The lowest BCUT2D eigenvalue weighted by Crippen LogP contribution is -2.35. The lowest BCUT2D eigenvalue weighted by atomic mass is 10.1. The van der Waals surface area contributed by atoms with E-state index >= 15 is 0 Å². The molecule has 0 saturated carbocycles. The molecule has 98 valence electrons. The van der Waals surface area contributed by atoms with Crippen molar-refractivity contribution in [2.24, 2.45) is 5.73 Å². The van der Waals surface area contributed by atoms with Gasteiger partial charge in [0.1, 0.15) is 11.6 Å². The van der Waals surface area contributed by atoms with Gasteiger partial charge in [0.05, 0.1) is 12.2 Å². The first kappa shape index (κ1) is 11.7. The molecule has 7 nitrogen and oxygen atoms in total. The summed E-state index contributed by atoms with van der Waals surface area (Å²) in [6.45, 7) is 0.375. The number of H-pyrrole nitrogens is 1. The lowest BCUT2D eigenvalue weighted by molar-refractivity contribution is -0.120. The summed E-state index contributed by atoms with van der Waals surface area (Å²) in [6.07, 6.45) is 0. The number of anilines is 1. The Morgan fingerprint density at radius 3 is 3.11 bits per heavy atom. The molecular formula is C12H13N5O2. The minimum atomic E-state index is -0.0812. The van der Waals surface area contributed by atoms with Crippen LogP contribution in [0.1, 0.15) is 5.82 Å². The predicted molar refractivity (Wildman–Crippen MR) is 68.6 cm³/mol. The summed E-state index contributed by atoms with van der Waals surface area (Å²) < 4.78 is 5.36. The standard InChI is InChI=1S/C12H13N5O2/c1-17-8-4-7(12-14-10(5-13)15-16-12)2-3-9(8)19-6-11(17)18/h2-4H,5-6,13H2,1H3,(H,14,15,16). The van der Waals surface area contributed by atoms with Gasteiger partial charge in [-0.2, -0.15) is 5.10 Å². The first-order valence-corrected chi connectivity index (χ1v) is 5.84. The Kier molecular flexibility index (Phi) is 2.68. The van der Waals surface area contributed by atoms with Crippen LogP contribution in [0.5, 0.6) is 5.75 Å². The maximum atomic E-state index is 11.6. The number of likely N-dealkylation sites (N-methyl/N-ethyl adjacent to an activating group) is 1. The molecule has 0 bridgehead atoms. The Bertz CT molecular complexity index is 637. The number of carbonyl (C=O) groups is 1. The maximum Gasteiger partial charge on any atom is 0.264 e. The first-order chi connectivity index (χ1) is 9.19. The van der Waals surface area contributed by atoms with Crippen molar-refractivity contribution in [3.8, 4) is 17.1 Å². The van der Waals surface area contributed by atoms with Crippen LogP contribution in [0.3, 0.4) is 0 Å². The highest BCUT2D eigenvalue weighted by molar-refractivity contribution is 5.98. The summed E-state index contributed by atoms with van der Waals surface area (Å²) >= 11 is 0. The van der Waals surface area contributed by atoms with Gasteiger partial charge in [-0.15, -0.1) is 0 Å². The second-order valence-electron chi connectivity index (χ2n) is 4.23. The Hall–Kier alpha value is -2.41. The summed E-state index contributed by atoms with van der Waals surface area (Å²) in [6, 6.07) is 5.49. The average Bonchev–Trinajstić information content (AvgIpc) is 2.92. The quantitative estimate of drug-likeness (QED) is 0.807. The maximum absolute atomic E-state index is 11.6. The van der Waals surface area contributed by atoms with Crippen LogP contribution in [-0.4, -0.2) is 34.7 Å². The van der Waals surface area contributed by atoms with Gasteiger partial charge in [0.2, 0.25) is 0 Å². The van der Waals surface area contributed by atoms with Crippen LogP contribution in [0.2, 0.25) is 0 Å². The van der Waals surface area contributed by atoms with Crippen LogP contribution >= 0.6 is 0 Å². The molecule has 1 aromatic heterocycles. The van der Waals surface area contributed by atoms with Crippen molar-refractivity contribution < 1.29 is 9.53 Å². The molecule has 2 heterocycles. The van der Waals surface area contributed by atoms with E-state index in [1.807, 2.05) is 18.2 Å². The van der Waals surface area contributed by atoms with Crippen LogP contribution in [-0.2, 0) is 11.3 Å². The molecule has 0 radical (unpaired) electrons. The number of hydrogen-bond acceptors (Lipinski definition) is 5. The van der Waals surface area contributed by atoms with Crippen LogP contribution in [0.15, 0.2) is 18.2 Å². The highest BCUT2D eigenvalue weighted by Gasteiger charge is 2.23. The summed E-state index contributed by atoms with van der Waals surface area (Å²) in [4.78, 5) is 17.4. The number of fused-ring (bicyclic) bond motifs is 1. The van der Waals surface area contributed by atoms with Gasteiger partial charge in [0, 0.05) is 12.6 Å². The van der Waals surface area contributed by atoms with Crippen LogP contribution < -0.4 is 15.4 Å². The fourth-order valence-corrected chi connectivity index (χ4v) is 1.93. The number of hydrogen-bond donors (Lipinski definition) is 2. The monoisotopic (exact) mass is 259 g/mol. The topological polar surface area (TPSA) is 97.1 Å². The van der Waals surface area contributed by atoms with Crippen molar-refractivity contribution in [3.63, 3.8) is 0 Å². The second-order valence-corrected chi connectivity index (χ2v) is 4.23. The number of benzene rings is 1. The molecule has 19 heavy (non-hydrogen) atoms. The van der Waals surface area contributed by atoms with Gasteiger partial charge in [-0.3, -0.25) is 9.89 Å². The Morgan fingerprint density at radius 1 is 1.53 bits per heavy atom. The van der Waals surface area contributed by atoms with Crippen molar-refractivity contribution in [2.45, 2.75) is 6.54 Å². The van der Waals surface area contributed by atoms with Crippen molar-refractivity contribution in [2.75, 3.05) is 18.6 Å². The van der Waals surface area contributed by atoms with Crippen molar-refractivity contribution in [3.05, 3.63) is 24.0 Å². The van der Waals surface area contributed by atoms with E-state index in [4.69, 9.17) is 10.5 Å². The number of nitrogens with zero attached hydrogens (tertiary/aromatic N) is 3. The van der Waals surface area contributed by atoms with Gasteiger partial charge in [-0.05, 0) is 18.2 Å². The predicted octanol–water partition coefficient (Wildman–Crippen LogP) is 0.286. The first-order valence-electron chi connectivity index (χ1n) is 5.84. The van der Waals surface area contributed by atoms with Crippen LogP contribution in [0, 0.1) is 0 Å².